The highest BCUT2D eigenvalue weighted by atomic mass is 16.5. The van der Waals surface area contributed by atoms with Crippen LogP contribution in [0.2, 0.25) is 0 Å². The first-order valence-corrected chi connectivity index (χ1v) is 4.82. The Morgan fingerprint density at radius 2 is 2.00 bits per heavy atom. The molecule has 0 spiro atoms. The zero-order chi connectivity index (χ0) is 9.97. The minimum absolute atomic E-state index is 0.595. The highest BCUT2D eigenvalue weighted by Gasteiger charge is 2.13. The van der Waals surface area contributed by atoms with Crippen molar-refractivity contribution in [1.29, 1.82) is 5.41 Å². The third-order valence-electron chi connectivity index (χ3n) is 2.50. The van der Waals surface area contributed by atoms with E-state index in [1.165, 1.54) is 0 Å². The van der Waals surface area contributed by atoms with Crippen molar-refractivity contribution in [2.24, 2.45) is 0 Å². The summed E-state index contributed by atoms with van der Waals surface area (Å²) in [7, 11) is 0. The summed E-state index contributed by atoms with van der Waals surface area (Å²) in [5, 5.41) is 7.89. The molecule has 1 aliphatic heterocycles. The average Bonchev–Trinajstić information content (AvgIpc) is 2.13. The Bertz CT molecular complexity index is 360. The van der Waals surface area contributed by atoms with E-state index in [1.807, 2.05) is 18.2 Å². The van der Waals surface area contributed by atoms with E-state index in [4.69, 9.17) is 15.9 Å². The molecule has 3 heteroatoms. The number of rotatable bonds is 0. The summed E-state index contributed by atoms with van der Waals surface area (Å²) in [6.07, 6.45) is 1.50. The van der Waals surface area contributed by atoms with E-state index in [0.29, 0.717) is 18.7 Å². The monoisotopic (exact) mass is 190 g/mol. The lowest BCUT2D eigenvalue weighted by Crippen LogP contribution is -2.15. The van der Waals surface area contributed by atoms with Crippen LogP contribution in [0.5, 0.6) is 0 Å². The zero-order valence-electron chi connectivity index (χ0n) is 8.05. The van der Waals surface area contributed by atoms with Gasteiger partial charge in [-0.05, 0) is 18.1 Å². The van der Waals surface area contributed by atoms with E-state index in [-0.39, 0.29) is 0 Å². The molecular formula is C11H14N2O. The second-order valence-electron chi connectivity index (χ2n) is 3.47. The van der Waals surface area contributed by atoms with Gasteiger partial charge in [-0.15, -0.1) is 0 Å². The van der Waals surface area contributed by atoms with Crippen LogP contribution in [-0.4, -0.2) is 18.9 Å². The van der Waals surface area contributed by atoms with Crippen LogP contribution < -0.4 is 5.73 Å². The predicted molar refractivity (Wildman–Crippen MR) is 56.8 cm³/mol. The molecule has 1 aromatic carbocycles. The molecule has 0 radical (unpaired) electrons. The summed E-state index contributed by atoms with van der Waals surface area (Å²) in [6, 6.07) is 5.81. The van der Waals surface area contributed by atoms with Gasteiger partial charge in [-0.25, -0.2) is 0 Å². The van der Waals surface area contributed by atoms with Crippen molar-refractivity contribution in [3.05, 3.63) is 29.3 Å². The molecule has 3 N–H and O–H groups in total. The summed E-state index contributed by atoms with van der Waals surface area (Å²) >= 11 is 0. The third kappa shape index (κ3) is 1.63. The highest BCUT2D eigenvalue weighted by Crippen LogP contribution is 2.21. The minimum Gasteiger partial charge on any atom is -0.398 e. The average molecular weight is 190 g/mol. The van der Waals surface area contributed by atoms with Crippen molar-refractivity contribution in [3.63, 3.8) is 0 Å². The Balaban J connectivity index is 2.46. The van der Waals surface area contributed by atoms with Crippen LogP contribution >= 0.6 is 0 Å². The number of fused-ring (bicyclic) bond motifs is 1. The van der Waals surface area contributed by atoms with Gasteiger partial charge in [0.25, 0.3) is 0 Å². The lowest BCUT2D eigenvalue weighted by atomic mass is 9.96. The van der Waals surface area contributed by atoms with Crippen LogP contribution in [0.3, 0.4) is 0 Å². The fourth-order valence-corrected chi connectivity index (χ4v) is 1.78. The van der Waals surface area contributed by atoms with Gasteiger partial charge in [0.15, 0.2) is 0 Å². The number of ether oxygens (including phenoxy) is 1. The molecule has 0 unspecified atom stereocenters. The lowest BCUT2D eigenvalue weighted by Gasteiger charge is -2.16. The number of benzene rings is 1. The first-order chi connectivity index (χ1) is 6.79. The van der Waals surface area contributed by atoms with Crippen molar-refractivity contribution in [2.75, 3.05) is 18.9 Å². The molecule has 14 heavy (non-hydrogen) atoms. The Morgan fingerprint density at radius 3 is 2.86 bits per heavy atom. The van der Waals surface area contributed by atoms with Crippen LogP contribution in [0, 0.1) is 5.41 Å². The molecule has 74 valence electrons. The maximum absolute atomic E-state index is 7.89. The molecule has 0 saturated carbocycles. The predicted octanol–water partition coefficient (Wildman–Crippen LogP) is 1.60. The van der Waals surface area contributed by atoms with Gasteiger partial charge in [0, 0.05) is 23.4 Å². The summed E-state index contributed by atoms with van der Waals surface area (Å²) in [4.78, 5) is 0. The van der Waals surface area contributed by atoms with Gasteiger partial charge in [-0.1, -0.05) is 12.1 Å². The van der Waals surface area contributed by atoms with E-state index in [2.05, 4.69) is 0 Å². The standard InChI is InChI=1S/C11H14N2O/c12-9-3-1-2-8-4-6-14-7-5-10(13)11(8)9/h1-3,13H,4-7,12H2. The van der Waals surface area contributed by atoms with Gasteiger partial charge < -0.3 is 15.9 Å². The molecule has 3 nitrogen and oxygen atoms in total. The number of nitrogens with one attached hydrogen (secondary N) is 1. The first kappa shape index (κ1) is 9.21. The maximum atomic E-state index is 7.89. The topological polar surface area (TPSA) is 59.1 Å². The van der Waals surface area contributed by atoms with Crippen molar-refractivity contribution >= 4 is 11.4 Å². The fourth-order valence-electron chi connectivity index (χ4n) is 1.78. The van der Waals surface area contributed by atoms with Crippen LogP contribution in [-0.2, 0) is 11.2 Å². The van der Waals surface area contributed by atoms with Crippen LogP contribution in [0.15, 0.2) is 18.2 Å². The molecule has 0 aromatic heterocycles. The number of hydrogen-bond acceptors (Lipinski definition) is 3. The van der Waals surface area contributed by atoms with Gasteiger partial charge in [-0.3, -0.25) is 0 Å². The number of nitrogen functional groups attached to an aromatic ring is 1. The molecule has 2 rings (SSSR count). The van der Waals surface area contributed by atoms with E-state index in [1.54, 1.807) is 0 Å². The third-order valence-corrected chi connectivity index (χ3v) is 2.50. The van der Waals surface area contributed by atoms with Crippen LogP contribution in [0.4, 0.5) is 5.69 Å². The van der Waals surface area contributed by atoms with Crippen LogP contribution in [0.25, 0.3) is 0 Å². The molecule has 0 bridgehead atoms. The number of nitrogens with two attached hydrogens (primary N) is 1. The molecule has 0 atom stereocenters. The second-order valence-corrected chi connectivity index (χ2v) is 3.47. The summed E-state index contributed by atoms with van der Waals surface area (Å²) in [5.41, 5.74) is 9.24. The van der Waals surface area contributed by atoms with Gasteiger partial charge in [0.05, 0.1) is 13.2 Å². The SMILES string of the molecule is N=C1CCOCCc2cccc(N)c21. The Morgan fingerprint density at radius 1 is 1.21 bits per heavy atom. The fraction of sp³-hybridized carbons (Fsp3) is 0.364. The van der Waals surface area contributed by atoms with Crippen molar-refractivity contribution in [1.82, 2.24) is 0 Å². The van der Waals surface area contributed by atoms with Crippen molar-refractivity contribution in [2.45, 2.75) is 12.8 Å². The zero-order valence-corrected chi connectivity index (χ0v) is 8.05. The first-order valence-electron chi connectivity index (χ1n) is 4.82. The molecule has 0 saturated heterocycles. The molecule has 1 aliphatic rings. The summed E-state index contributed by atoms with van der Waals surface area (Å²) in [5.74, 6) is 0. The molecule has 0 fully saturated rings. The van der Waals surface area contributed by atoms with E-state index >= 15 is 0 Å². The largest absolute Gasteiger partial charge is 0.398 e. The maximum Gasteiger partial charge on any atom is 0.0521 e. The van der Waals surface area contributed by atoms with Crippen LogP contribution in [0.1, 0.15) is 17.5 Å². The highest BCUT2D eigenvalue weighted by molar-refractivity contribution is 6.04. The molecule has 1 heterocycles. The quantitative estimate of drug-likeness (QED) is 0.610. The Hall–Kier alpha value is -1.35. The number of hydrogen-bond donors (Lipinski definition) is 2. The van der Waals surface area contributed by atoms with E-state index < -0.39 is 0 Å². The van der Waals surface area contributed by atoms with Gasteiger partial charge in [-0.2, -0.15) is 0 Å². The van der Waals surface area contributed by atoms with Crippen molar-refractivity contribution in [3.8, 4) is 0 Å². The lowest BCUT2D eigenvalue weighted by molar-refractivity contribution is 0.143. The summed E-state index contributed by atoms with van der Waals surface area (Å²) in [6.45, 7) is 1.36. The van der Waals surface area contributed by atoms with Crippen molar-refractivity contribution < 1.29 is 4.74 Å². The molecule has 1 aromatic rings. The molecule has 0 amide bonds. The molecular weight excluding hydrogens is 176 g/mol. The Labute approximate surface area is 83.4 Å². The van der Waals surface area contributed by atoms with E-state index in [9.17, 15) is 0 Å². The normalized spacial score (nSPS) is 17.0. The number of anilines is 1. The minimum atomic E-state index is 0.595. The van der Waals surface area contributed by atoms with Gasteiger partial charge in [0.1, 0.15) is 0 Å². The molecule has 0 aliphatic carbocycles. The van der Waals surface area contributed by atoms with E-state index in [0.717, 1.165) is 29.8 Å². The summed E-state index contributed by atoms with van der Waals surface area (Å²) < 4.78 is 5.36. The smallest absolute Gasteiger partial charge is 0.0521 e. The van der Waals surface area contributed by atoms with Gasteiger partial charge >= 0.3 is 0 Å². The second kappa shape index (κ2) is 3.80. The Kier molecular flexibility index (Phi) is 2.50. The van der Waals surface area contributed by atoms with Gasteiger partial charge in [0.2, 0.25) is 0 Å².